The topological polar surface area (TPSA) is 0 Å². The number of hydrogen-bond acceptors (Lipinski definition) is 0. The Labute approximate surface area is 170 Å². The van der Waals surface area contributed by atoms with Gasteiger partial charge in [0, 0.05) is 0 Å². The molecule has 4 rings (SSSR count). The second-order valence-corrected chi connectivity index (χ2v) is 12.3. The summed E-state index contributed by atoms with van der Waals surface area (Å²) in [6, 6.07) is 0. The highest BCUT2D eigenvalue weighted by atomic mass is 14.6. The maximum atomic E-state index is 2.74. The second kappa shape index (κ2) is 7.68. The van der Waals surface area contributed by atoms with Crippen LogP contribution in [0.2, 0.25) is 0 Å². The van der Waals surface area contributed by atoms with Crippen molar-refractivity contribution in [1.82, 2.24) is 0 Å². The Morgan fingerprint density at radius 2 is 1.63 bits per heavy atom. The summed E-state index contributed by atoms with van der Waals surface area (Å²) >= 11 is 0. The molecule has 4 fully saturated rings. The highest BCUT2D eigenvalue weighted by molar-refractivity contribution is 5.10. The smallest absolute Gasteiger partial charge is 0.0264 e. The van der Waals surface area contributed by atoms with Crippen LogP contribution in [0.3, 0.4) is 0 Å². The van der Waals surface area contributed by atoms with E-state index in [-0.39, 0.29) is 0 Å². The summed E-state index contributed by atoms with van der Waals surface area (Å²) < 4.78 is 0. The van der Waals surface area contributed by atoms with Crippen LogP contribution in [0.4, 0.5) is 0 Å². The fourth-order valence-corrected chi connectivity index (χ4v) is 9.07. The van der Waals surface area contributed by atoms with E-state index in [4.69, 9.17) is 0 Å². The lowest BCUT2D eigenvalue weighted by atomic mass is 9.44. The molecule has 0 amide bonds. The molecule has 0 heterocycles. The summed E-state index contributed by atoms with van der Waals surface area (Å²) in [5.41, 5.74) is 1.35. The van der Waals surface area contributed by atoms with Crippen LogP contribution in [0.25, 0.3) is 0 Å². The second-order valence-electron chi connectivity index (χ2n) is 12.3. The van der Waals surface area contributed by atoms with Crippen LogP contribution in [-0.2, 0) is 0 Å². The van der Waals surface area contributed by atoms with E-state index >= 15 is 0 Å². The van der Waals surface area contributed by atoms with E-state index in [2.05, 4.69) is 41.0 Å². The highest BCUT2D eigenvalue weighted by Gasteiger charge is 2.59. The maximum Gasteiger partial charge on any atom is -0.0264 e. The molecule has 0 heteroatoms. The van der Waals surface area contributed by atoms with Gasteiger partial charge in [-0.1, -0.05) is 53.9 Å². The van der Waals surface area contributed by atoms with E-state index in [1.165, 1.54) is 44.9 Å². The predicted octanol–water partition coefficient (Wildman–Crippen LogP) is 8.31. The van der Waals surface area contributed by atoms with Gasteiger partial charge in [-0.15, -0.1) is 0 Å². The van der Waals surface area contributed by atoms with Crippen molar-refractivity contribution < 1.29 is 0 Å². The summed E-state index contributed by atoms with van der Waals surface area (Å²) in [7, 11) is 0. The van der Waals surface area contributed by atoms with Crippen LogP contribution < -0.4 is 0 Å². The van der Waals surface area contributed by atoms with Gasteiger partial charge in [0.15, 0.2) is 0 Å². The maximum absolute atomic E-state index is 2.74. The molecule has 0 aromatic heterocycles. The molecule has 0 N–H and O–H groups in total. The average molecular weight is 372 g/mol. The molecule has 4 aliphatic rings. The first-order valence-electron chi connectivity index (χ1n) is 12.7. The zero-order valence-corrected chi connectivity index (χ0v) is 19.1. The van der Waals surface area contributed by atoms with Crippen molar-refractivity contribution in [2.75, 3.05) is 0 Å². The minimum atomic E-state index is 0.669. The SMILES string of the molecule is CC(C)CCC[C@@H](C)[C@H]1CC[C@H]2[C@@H]3CC[C@H]4C[CH]CC[C@]4(C)[C@H]3CC[C@]12C. The molecule has 155 valence electrons. The lowest BCUT2D eigenvalue weighted by Crippen LogP contribution is -2.53. The predicted molar refractivity (Wildman–Crippen MR) is 117 cm³/mol. The third kappa shape index (κ3) is 3.44. The molecule has 1 radical (unpaired) electrons. The Hall–Kier alpha value is 0. The molecule has 27 heavy (non-hydrogen) atoms. The first kappa shape index (κ1) is 20.3. The molecule has 0 spiro atoms. The molecule has 0 aromatic rings. The fourth-order valence-electron chi connectivity index (χ4n) is 9.07. The molecule has 4 saturated carbocycles. The molecule has 0 saturated heterocycles. The first-order chi connectivity index (χ1) is 12.9. The minimum absolute atomic E-state index is 0.669. The molecular weight excluding hydrogens is 324 g/mol. The lowest BCUT2D eigenvalue weighted by molar-refractivity contribution is -0.109. The van der Waals surface area contributed by atoms with Gasteiger partial charge in [0.2, 0.25) is 0 Å². The van der Waals surface area contributed by atoms with Gasteiger partial charge in [-0.25, -0.2) is 0 Å². The zero-order chi connectivity index (χ0) is 19.2. The average Bonchev–Trinajstić information content (AvgIpc) is 2.98. The van der Waals surface area contributed by atoms with Gasteiger partial charge in [0.1, 0.15) is 0 Å². The van der Waals surface area contributed by atoms with Crippen LogP contribution in [-0.4, -0.2) is 0 Å². The Bertz CT molecular complexity index is 506. The van der Waals surface area contributed by atoms with Gasteiger partial charge in [-0.3, -0.25) is 0 Å². The summed E-state index contributed by atoms with van der Waals surface area (Å²) in [6.07, 6.45) is 20.6. The highest BCUT2D eigenvalue weighted by Crippen LogP contribution is 2.68. The summed E-state index contributed by atoms with van der Waals surface area (Å²) in [5, 5.41) is 0. The Kier molecular flexibility index (Phi) is 5.77. The summed E-state index contributed by atoms with van der Waals surface area (Å²) in [5.74, 6) is 7.03. The van der Waals surface area contributed by atoms with Gasteiger partial charge < -0.3 is 0 Å². The van der Waals surface area contributed by atoms with Crippen molar-refractivity contribution in [2.45, 2.75) is 112 Å². The van der Waals surface area contributed by atoms with Gasteiger partial charge in [0.05, 0.1) is 0 Å². The Morgan fingerprint density at radius 1 is 0.852 bits per heavy atom. The lowest BCUT2D eigenvalue weighted by Gasteiger charge is -2.60. The molecule has 0 nitrogen and oxygen atoms in total. The van der Waals surface area contributed by atoms with Crippen molar-refractivity contribution in [2.24, 2.45) is 52.3 Å². The van der Waals surface area contributed by atoms with E-state index in [0.29, 0.717) is 10.8 Å². The van der Waals surface area contributed by atoms with Gasteiger partial charge in [0.25, 0.3) is 0 Å². The molecule has 0 aromatic carbocycles. The van der Waals surface area contributed by atoms with Crippen molar-refractivity contribution >= 4 is 0 Å². The quantitative estimate of drug-likeness (QED) is 0.456. The van der Waals surface area contributed by atoms with Crippen molar-refractivity contribution in [1.29, 1.82) is 0 Å². The largest absolute Gasteiger partial charge is 0.0628 e. The Balaban J connectivity index is 1.46. The summed E-state index contributed by atoms with van der Waals surface area (Å²) in [6.45, 7) is 12.8. The zero-order valence-electron chi connectivity index (χ0n) is 19.1. The molecule has 0 unspecified atom stereocenters. The van der Waals surface area contributed by atoms with Crippen LogP contribution in [0.15, 0.2) is 0 Å². The van der Waals surface area contributed by atoms with Crippen molar-refractivity contribution in [3.05, 3.63) is 6.42 Å². The number of hydrogen-bond donors (Lipinski definition) is 0. The van der Waals surface area contributed by atoms with Gasteiger partial charge in [-0.2, -0.15) is 0 Å². The monoisotopic (exact) mass is 371 g/mol. The van der Waals surface area contributed by atoms with Crippen molar-refractivity contribution in [3.8, 4) is 0 Å². The normalized spacial score (nSPS) is 48.0. The third-order valence-corrected chi connectivity index (χ3v) is 10.6. The van der Waals surface area contributed by atoms with Crippen LogP contribution in [0, 0.1) is 58.7 Å². The summed E-state index contributed by atoms with van der Waals surface area (Å²) in [4.78, 5) is 0. The van der Waals surface area contributed by atoms with Gasteiger partial charge in [-0.05, 0) is 116 Å². The molecule has 0 aliphatic heterocycles. The van der Waals surface area contributed by atoms with Crippen LogP contribution >= 0.6 is 0 Å². The van der Waals surface area contributed by atoms with Gasteiger partial charge >= 0.3 is 0 Å². The third-order valence-electron chi connectivity index (χ3n) is 10.6. The number of rotatable bonds is 5. The van der Waals surface area contributed by atoms with Crippen molar-refractivity contribution in [3.63, 3.8) is 0 Å². The Morgan fingerprint density at radius 3 is 2.41 bits per heavy atom. The fraction of sp³-hybridized carbons (Fsp3) is 0.963. The number of fused-ring (bicyclic) bond motifs is 5. The molecule has 0 bridgehead atoms. The molecule has 8 atom stereocenters. The van der Waals surface area contributed by atoms with E-state index in [9.17, 15) is 0 Å². The first-order valence-corrected chi connectivity index (χ1v) is 12.7. The van der Waals surface area contributed by atoms with Crippen LogP contribution in [0.1, 0.15) is 112 Å². The molecular formula is C27H47. The van der Waals surface area contributed by atoms with E-state index in [0.717, 1.165) is 41.4 Å². The standard InChI is InChI=1S/C27H47/c1-19(2)9-8-10-20(3)23-14-15-24-22-13-12-21-11-6-7-17-26(21,4)25(22)16-18-27(23,24)5/h6,19-25H,7-18H2,1-5H3/t20-,21-,22+,23-,24+,25+,26+,27-/m1/s1. The van der Waals surface area contributed by atoms with Crippen LogP contribution in [0.5, 0.6) is 0 Å². The van der Waals surface area contributed by atoms with E-state index in [1.54, 1.807) is 32.1 Å². The molecule has 4 aliphatic carbocycles. The minimum Gasteiger partial charge on any atom is -0.0628 e. The van der Waals surface area contributed by atoms with E-state index < -0.39 is 0 Å². The van der Waals surface area contributed by atoms with E-state index in [1.807, 2.05) is 0 Å².